The van der Waals surface area contributed by atoms with Crippen LogP contribution in [0.2, 0.25) is 0 Å². The summed E-state index contributed by atoms with van der Waals surface area (Å²) >= 11 is 4.15. The number of carbonyl (C=O) groups excluding carboxylic acids is 6. The molecule has 48 heavy (non-hydrogen) atoms. The zero-order valence-electron chi connectivity index (χ0n) is 28.0. The number of amides is 6. The molecule has 18 heteroatoms. The Hall–Kier alpha value is -3.48. The number of rotatable bonds is 17. The molecule has 0 aliphatic carbocycles. The van der Waals surface area contributed by atoms with Crippen LogP contribution in [-0.2, 0) is 33.6 Å². The average molecular weight is 702 g/mol. The molecule has 0 aromatic rings. The maximum absolute atomic E-state index is 13.3. The van der Waals surface area contributed by atoms with E-state index in [0.29, 0.717) is 25.8 Å². The van der Waals surface area contributed by atoms with Gasteiger partial charge in [-0.1, -0.05) is 27.7 Å². The third-order valence-electron chi connectivity index (χ3n) is 8.37. The van der Waals surface area contributed by atoms with E-state index in [0.717, 1.165) is 13.0 Å². The Morgan fingerprint density at radius 2 is 1.31 bits per heavy atom. The molecule has 0 spiro atoms. The third kappa shape index (κ3) is 11.0. The van der Waals surface area contributed by atoms with E-state index in [1.807, 2.05) is 0 Å². The first-order chi connectivity index (χ1) is 22.5. The predicted octanol–water partition coefficient (Wildman–Crippen LogP) is -3.15. The molecule has 8 atom stereocenters. The van der Waals surface area contributed by atoms with Gasteiger partial charge in [0.15, 0.2) is 6.04 Å². The van der Waals surface area contributed by atoms with E-state index in [-0.39, 0.29) is 17.7 Å². The second-order valence-corrected chi connectivity index (χ2v) is 13.2. The molecular weight excluding hydrogens is 650 g/mol. The number of likely N-dealkylation sites (tertiary alicyclic amines) is 1. The summed E-state index contributed by atoms with van der Waals surface area (Å²) in [5, 5.41) is 44.1. The van der Waals surface area contributed by atoms with Crippen LogP contribution in [-0.4, -0.2) is 135 Å². The van der Waals surface area contributed by atoms with Crippen LogP contribution in [0.1, 0.15) is 60.3 Å². The average Bonchev–Trinajstić information content (AvgIpc) is 3.74. The van der Waals surface area contributed by atoms with E-state index in [4.69, 9.17) is 0 Å². The fourth-order valence-electron chi connectivity index (χ4n) is 5.53. The smallest absolute Gasteiger partial charge is 0.328 e. The molecule has 0 radical (unpaired) electrons. The van der Waals surface area contributed by atoms with Crippen molar-refractivity contribution in [3.8, 4) is 0 Å². The van der Waals surface area contributed by atoms with Crippen molar-refractivity contribution in [2.75, 3.05) is 25.4 Å². The third-order valence-corrected chi connectivity index (χ3v) is 8.73. The second kappa shape index (κ2) is 18.9. The summed E-state index contributed by atoms with van der Waals surface area (Å²) in [6.45, 7) is 8.00. The minimum Gasteiger partial charge on any atom is -0.480 e. The van der Waals surface area contributed by atoms with Crippen LogP contribution < -0.4 is 31.9 Å². The minimum atomic E-state index is -1.64. The first-order valence-electron chi connectivity index (χ1n) is 16.2. The fraction of sp³-hybridized carbons (Fsp3) is 0.767. The van der Waals surface area contributed by atoms with Gasteiger partial charge in [-0.3, -0.25) is 28.8 Å². The van der Waals surface area contributed by atoms with Crippen molar-refractivity contribution in [1.82, 2.24) is 36.8 Å². The summed E-state index contributed by atoms with van der Waals surface area (Å²) in [7, 11) is 0. The number of carbonyl (C=O) groups is 7. The lowest BCUT2D eigenvalue weighted by Gasteiger charge is -2.30. The Morgan fingerprint density at radius 1 is 0.771 bits per heavy atom. The van der Waals surface area contributed by atoms with Crippen molar-refractivity contribution < 1.29 is 48.9 Å². The van der Waals surface area contributed by atoms with Crippen molar-refractivity contribution in [1.29, 1.82) is 0 Å². The largest absolute Gasteiger partial charge is 0.480 e. The number of aliphatic hydroxyl groups is 2. The normalized spacial score (nSPS) is 21.4. The van der Waals surface area contributed by atoms with Crippen molar-refractivity contribution in [2.45, 2.75) is 109 Å². The molecule has 0 bridgehead atoms. The van der Waals surface area contributed by atoms with Crippen molar-refractivity contribution in [2.24, 2.45) is 11.8 Å². The molecule has 17 nitrogen and oxygen atoms in total. The zero-order valence-corrected chi connectivity index (χ0v) is 28.9. The molecule has 2 fully saturated rings. The van der Waals surface area contributed by atoms with Gasteiger partial charge in [0.2, 0.25) is 35.4 Å². The zero-order chi connectivity index (χ0) is 36.3. The van der Waals surface area contributed by atoms with E-state index in [1.54, 1.807) is 32.6 Å². The van der Waals surface area contributed by atoms with Crippen molar-refractivity contribution >= 4 is 54.0 Å². The Bertz CT molecular complexity index is 1180. The number of carboxylic acid groups (broad SMARTS) is 1. The second-order valence-electron chi connectivity index (χ2n) is 12.9. The SMILES string of the molecule is CC(C)[C@H](NC(=O)[C@H](CO)NC(=O)[C@H](CS)NC(=O)[C@@H](NC(=O)[C@@H]1CCCN1C(=O)[C@@H]1CCCN1)C(C)C)C(=O)N[C@H](C(=O)O)[C@@H](C)O. The van der Waals surface area contributed by atoms with Gasteiger partial charge in [0.1, 0.15) is 30.2 Å². The highest BCUT2D eigenvalue weighted by atomic mass is 32.1. The molecule has 6 amide bonds. The Kier molecular flexibility index (Phi) is 16.0. The lowest BCUT2D eigenvalue weighted by atomic mass is 10.0. The van der Waals surface area contributed by atoms with Gasteiger partial charge in [0, 0.05) is 12.3 Å². The number of nitrogens with one attached hydrogen (secondary N) is 6. The number of nitrogens with zero attached hydrogens (tertiary/aromatic N) is 1. The van der Waals surface area contributed by atoms with Gasteiger partial charge in [-0.05, 0) is 51.0 Å². The Morgan fingerprint density at radius 3 is 1.81 bits per heavy atom. The van der Waals surface area contributed by atoms with Crippen LogP contribution in [0.25, 0.3) is 0 Å². The molecule has 2 rings (SSSR count). The first kappa shape index (κ1) is 40.7. The standard InChI is InChI=1S/C30H51N7O10S/c1-14(2)21(35-26(42)20-9-7-11-37(20)29(45)17-8-6-10-31-17)27(43)33-19(13-48)25(41)32-18(12-38)24(40)34-22(15(3)4)28(44)36-23(16(5)39)30(46)47/h14-23,31,38-39,48H,6-13H2,1-5H3,(H,32,41)(H,33,43)(H,34,40)(H,35,42)(H,36,44)(H,46,47)/t16-,17+,18+,19+,20+,21+,22+,23+/m1/s1. The number of aliphatic hydroxyl groups excluding tert-OH is 2. The van der Waals surface area contributed by atoms with Crippen LogP contribution in [0, 0.1) is 11.8 Å². The van der Waals surface area contributed by atoms with Crippen LogP contribution in [0.5, 0.6) is 0 Å². The fourth-order valence-corrected chi connectivity index (χ4v) is 5.78. The number of hydrogen-bond donors (Lipinski definition) is 10. The molecule has 0 aromatic carbocycles. The summed E-state index contributed by atoms with van der Waals surface area (Å²) in [5.74, 6) is -6.77. The lowest BCUT2D eigenvalue weighted by Crippen LogP contribution is -2.62. The summed E-state index contributed by atoms with van der Waals surface area (Å²) in [4.78, 5) is 91.5. The highest BCUT2D eigenvalue weighted by Crippen LogP contribution is 2.21. The number of thiol groups is 1. The minimum absolute atomic E-state index is 0.144. The van der Waals surface area contributed by atoms with Gasteiger partial charge < -0.3 is 52.1 Å². The van der Waals surface area contributed by atoms with Crippen molar-refractivity contribution in [3.63, 3.8) is 0 Å². The maximum Gasteiger partial charge on any atom is 0.328 e. The van der Waals surface area contributed by atoms with Crippen LogP contribution in [0.15, 0.2) is 0 Å². The molecule has 9 N–H and O–H groups in total. The van der Waals surface area contributed by atoms with Gasteiger partial charge in [-0.2, -0.15) is 12.6 Å². The van der Waals surface area contributed by atoms with Gasteiger partial charge in [0.25, 0.3) is 0 Å². The highest BCUT2D eigenvalue weighted by Gasteiger charge is 2.40. The van der Waals surface area contributed by atoms with Crippen LogP contribution in [0.4, 0.5) is 0 Å². The van der Waals surface area contributed by atoms with E-state index in [1.165, 1.54) is 6.92 Å². The molecule has 2 saturated heterocycles. The topological polar surface area (TPSA) is 256 Å². The number of aliphatic carboxylic acids is 1. The quantitative estimate of drug-likeness (QED) is 0.0678. The summed E-state index contributed by atoms with van der Waals surface area (Å²) in [6, 6.07) is -7.95. The van der Waals surface area contributed by atoms with Gasteiger partial charge >= 0.3 is 5.97 Å². The first-order valence-corrected chi connectivity index (χ1v) is 16.8. The molecule has 2 aliphatic rings. The highest BCUT2D eigenvalue weighted by molar-refractivity contribution is 7.80. The summed E-state index contributed by atoms with van der Waals surface area (Å²) in [5.41, 5.74) is 0. The Balaban J connectivity index is 2.06. The lowest BCUT2D eigenvalue weighted by molar-refractivity contribution is -0.145. The molecule has 0 unspecified atom stereocenters. The number of carboxylic acids is 1. The van der Waals surface area contributed by atoms with Gasteiger partial charge in [0.05, 0.1) is 18.8 Å². The molecule has 272 valence electrons. The maximum atomic E-state index is 13.3. The summed E-state index contributed by atoms with van der Waals surface area (Å²) < 4.78 is 0. The van der Waals surface area contributed by atoms with Gasteiger partial charge in [-0.25, -0.2) is 4.79 Å². The van der Waals surface area contributed by atoms with E-state index >= 15 is 0 Å². The predicted molar refractivity (Wildman–Crippen MR) is 175 cm³/mol. The summed E-state index contributed by atoms with van der Waals surface area (Å²) in [6.07, 6.45) is 1.22. The van der Waals surface area contributed by atoms with Crippen LogP contribution >= 0.6 is 12.6 Å². The van der Waals surface area contributed by atoms with Crippen molar-refractivity contribution in [3.05, 3.63) is 0 Å². The van der Waals surface area contributed by atoms with Crippen LogP contribution in [0.3, 0.4) is 0 Å². The molecular formula is C30H51N7O10S. The molecule has 2 heterocycles. The molecule has 0 aromatic heterocycles. The van der Waals surface area contributed by atoms with E-state index in [2.05, 4.69) is 44.5 Å². The monoisotopic (exact) mass is 701 g/mol. The molecule has 2 aliphatic heterocycles. The molecule has 0 saturated carbocycles. The Labute approximate surface area is 285 Å². The van der Waals surface area contributed by atoms with E-state index in [9.17, 15) is 48.9 Å². The number of hydrogen-bond acceptors (Lipinski definition) is 11. The van der Waals surface area contributed by atoms with Gasteiger partial charge in [-0.15, -0.1) is 0 Å². The van der Waals surface area contributed by atoms with E-state index < -0.39 is 96.3 Å².